The van der Waals surface area contributed by atoms with Crippen LogP contribution < -0.4 is 10.1 Å². The number of aliphatic imine (C=N–C) groups is 1. The number of anilines is 1. The van der Waals surface area contributed by atoms with E-state index in [2.05, 4.69) is 34.5 Å². The largest absolute Gasteiger partial charge is 0.492 e. The number of nitrogens with one attached hydrogen (secondary N) is 1. The lowest BCUT2D eigenvalue weighted by Crippen LogP contribution is -2.43. The zero-order valence-electron chi connectivity index (χ0n) is 24.3. The van der Waals surface area contributed by atoms with Crippen molar-refractivity contribution in [2.24, 2.45) is 4.99 Å². The molecular weight excluding hydrogens is 552 g/mol. The summed E-state index contributed by atoms with van der Waals surface area (Å²) in [6, 6.07) is 16.2. The van der Waals surface area contributed by atoms with E-state index in [1.165, 1.54) is 5.56 Å². The molecule has 3 heterocycles. The number of carbonyl (C=O) groups excluding carboxylic acids is 2. The zero-order chi connectivity index (χ0) is 29.3. The molecule has 1 saturated heterocycles. The van der Waals surface area contributed by atoms with Gasteiger partial charge in [-0.1, -0.05) is 36.4 Å². The number of hydrogen-bond donors (Lipinski definition) is 1. The first kappa shape index (κ1) is 29.8. The molecule has 10 heteroatoms. The van der Waals surface area contributed by atoms with Crippen LogP contribution in [-0.2, 0) is 33.8 Å². The molecule has 222 valence electrons. The van der Waals surface area contributed by atoms with Crippen LogP contribution in [0.3, 0.4) is 0 Å². The van der Waals surface area contributed by atoms with Gasteiger partial charge >= 0.3 is 5.97 Å². The van der Waals surface area contributed by atoms with Gasteiger partial charge in [0.05, 0.1) is 44.2 Å². The fraction of sp³-hybridized carbons (Fsp3) is 0.406. The maximum atomic E-state index is 13.0. The minimum absolute atomic E-state index is 0.0295. The van der Waals surface area contributed by atoms with Crippen LogP contribution in [0.5, 0.6) is 5.75 Å². The van der Waals surface area contributed by atoms with Crippen molar-refractivity contribution < 1.29 is 23.8 Å². The second-order valence-corrected chi connectivity index (χ2v) is 11.2. The lowest BCUT2D eigenvalue weighted by Gasteiger charge is -2.27. The van der Waals surface area contributed by atoms with E-state index < -0.39 is 0 Å². The van der Waals surface area contributed by atoms with Gasteiger partial charge < -0.3 is 24.4 Å². The van der Waals surface area contributed by atoms with Crippen LogP contribution >= 0.6 is 11.3 Å². The summed E-state index contributed by atoms with van der Waals surface area (Å²) in [5.74, 6) is 0.351. The topological polar surface area (TPSA) is 92.7 Å². The van der Waals surface area contributed by atoms with Gasteiger partial charge in [-0.2, -0.15) is 0 Å². The van der Waals surface area contributed by atoms with Gasteiger partial charge in [-0.05, 0) is 49.1 Å². The van der Waals surface area contributed by atoms with Gasteiger partial charge in [0.15, 0.2) is 0 Å². The smallest absolute Gasteiger partial charge is 0.341 e. The number of nitrogens with zero attached hydrogens (tertiary/aromatic N) is 3. The van der Waals surface area contributed by atoms with E-state index in [1.54, 1.807) is 22.5 Å². The third-order valence-corrected chi connectivity index (χ3v) is 8.40. The molecule has 2 aromatic carbocycles. The Kier molecular flexibility index (Phi) is 10.2. The second kappa shape index (κ2) is 14.4. The van der Waals surface area contributed by atoms with Gasteiger partial charge in [0.25, 0.3) is 0 Å². The number of morpholine rings is 1. The molecule has 0 bridgehead atoms. The summed E-state index contributed by atoms with van der Waals surface area (Å²) in [6.45, 7) is 9.59. The molecule has 1 aromatic heterocycles. The number of fused-ring (bicyclic) bond motifs is 1. The molecule has 2 aliphatic rings. The maximum absolute atomic E-state index is 13.0. The van der Waals surface area contributed by atoms with E-state index in [4.69, 9.17) is 19.2 Å². The maximum Gasteiger partial charge on any atom is 0.341 e. The molecule has 0 aliphatic carbocycles. The fourth-order valence-electron chi connectivity index (χ4n) is 5.19. The first-order chi connectivity index (χ1) is 20.6. The highest BCUT2D eigenvalue weighted by Gasteiger charge is 2.28. The third-order valence-electron chi connectivity index (χ3n) is 7.28. The summed E-state index contributed by atoms with van der Waals surface area (Å²) >= 11 is 1.56. The minimum Gasteiger partial charge on any atom is -0.492 e. The molecule has 0 atom stereocenters. The molecule has 1 amide bonds. The molecule has 0 spiro atoms. The van der Waals surface area contributed by atoms with Crippen molar-refractivity contribution in [3.63, 3.8) is 0 Å². The second-order valence-electron chi connectivity index (χ2n) is 10.1. The number of benzene rings is 2. The SMILES string of the molecule is CCOC(=O)c1c(N=Cc2ccc(NCC(=O)N3CCOCC3)c(OCC)c2)sc2c1CCN(Cc1ccccc1)C2. The van der Waals surface area contributed by atoms with Crippen molar-refractivity contribution in [3.8, 4) is 5.75 Å². The van der Waals surface area contributed by atoms with Crippen molar-refractivity contribution >= 4 is 40.1 Å². The molecule has 9 nitrogen and oxygen atoms in total. The zero-order valence-corrected chi connectivity index (χ0v) is 25.1. The number of carbonyl (C=O) groups is 2. The molecule has 0 radical (unpaired) electrons. The first-order valence-electron chi connectivity index (χ1n) is 14.5. The summed E-state index contributed by atoms with van der Waals surface area (Å²) in [6.07, 6.45) is 2.54. The Morgan fingerprint density at radius 2 is 1.88 bits per heavy atom. The first-order valence-corrected chi connectivity index (χ1v) is 15.4. The summed E-state index contributed by atoms with van der Waals surface area (Å²) in [7, 11) is 0. The van der Waals surface area contributed by atoms with Gasteiger partial charge in [-0.3, -0.25) is 9.69 Å². The van der Waals surface area contributed by atoms with Gasteiger partial charge in [0.2, 0.25) is 5.91 Å². The van der Waals surface area contributed by atoms with Gasteiger partial charge in [-0.15, -0.1) is 11.3 Å². The normalized spacial score (nSPS) is 15.4. The van der Waals surface area contributed by atoms with E-state index >= 15 is 0 Å². The molecular formula is C32H38N4O5S. The van der Waals surface area contributed by atoms with E-state index in [0.717, 1.165) is 47.7 Å². The summed E-state index contributed by atoms with van der Waals surface area (Å²) in [5, 5.41) is 3.89. The lowest BCUT2D eigenvalue weighted by molar-refractivity contribution is -0.133. The predicted molar refractivity (Wildman–Crippen MR) is 165 cm³/mol. The Balaban J connectivity index is 1.33. The lowest BCUT2D eigenvalue weighted by atomic mass is 10.0. The highest BCUT2D eigenvalue weighted by molar-refractivity contribution is 7.16. The Bertz CT molecular complexity index is 1400. The van der Waals surface area contributed by atoms with Crippen molar-refractivity contribution in [3.05, 3.63) is 75.7 Å². The average molecular weight is 591 g/mol. The number of thiophene rings is 1. The van der Waals surface area contributed by atoms with Gasteiger partial charge in [-0.25, -0.2) is 9.79 Å². The van der Waals surface area contributed by atoms with E-state index in [0.29, 0.717) is 55.8 Å². The molecule has 0 unspecified atom stereocenters. The van der Waals surface area contributed by atoms with Crippen LogP contribution in [0.4, 0.5) is 10.7 Å². The Labute approximate surface area is 251 Å². The van der Waals surface area contributed by atoms with E-state index in [9.17, 15) is 9.59 Å². The number of ether oxygens (including phenoxy) is 3. The highest BCUT2D eigenvalue weighted by atomic mass is 32.1. The monoisotopic (exact) mass is 590 g/mol. The van der Waals surface area contributed by atoms with Crippen LogP contribution in [0.1, 0.15) is 45.8 Å². The molecule has 3 aromatic rings. The highest BCUT2D eigenvalue weighted by Crippen LogP contribution is 2.40. The van der Waals surface area contributed by atoms with Crippen molar-refractivity contribution in [1.82, 2.24) is 9.80 Å². The molecule has 5 rings (SSSR count). The third kappa shape index (κ3) is 7.36. The van der Waals surface area contributed by atoms with E-state index in [-0.39, 0.29) is 18.4 Å². The van der Waals surface area contributed by atoms with Gasteiger partial charge in [0, 0.05) is 43.8 Å². The number of rotatable bonds is 11. The standard InChI is InChI=1S/C32H38N4O5S/c1-3-40-27-18-24(10-11-26(27)33-20-29(37)36-14-16-39-17-15-36)19-34-31-30(32(38)41-4-2)25-12-13-35(22-28(25)42-31)21-23-8-6-5-7-9-23/h5-11,18-19,33H,3-4,12-17,20-22H2,1-2H3. The minimum atomic E-state index is -0.321. The van der Waals surface area contributed by atoms with Crippen LogP contribution in [-0.4, -0.2) is 80.5 Å². The molecule has 0 saturated carbocycles. The summed E-state index contributed by atoms with van der Waals surface area (Å²) in [4.78, 5) is 35.8. The van der Waals surface area contributed by atoms with Gasteiger partial charge in [0.1, 0.15) is 10.8 Å². The van der Waals surface area contributed by atoms with Crippen molar-refractivity contribution in [1.29, 1.82) is 0 Å². The summed E-state index contributed by atoms with van der Waals surface area (Å²) in [5.41, 5.74) is 4.48. The van der Waals surface area contributed by atoms with E-state index in [1.807, 2.05) is 38.1 Å². The van der Waals surface area contributed by atoms with Crippen LogP contribution in [0.25, 0.3) is 0 Å². The molecule has 1 N–H and O–H groups in total. The number of amides is 1. The number of esters is 1. The fourth-order valence-corrected chi connectivity index (χ4v) is 6.41. The number of hydrogen-bond acceptors (Lipinski definition) is 9. The Hall–Kier alpha value is -3.73. The van der Waals surface area contributed by atoms with Crippen LogP contribution in [0.2, 0.25) is 0 Å². The summed E-state index contributed by atoms with van der Waals surface area (Å²) < 4.78 is 16.7. The molecule has 42 heavy (non-hydrogen) atoms. The quantitative estimate of drug-likeness (QED) is 0.251. The van der Waals surface area contributed by atoms with Crippen molar-refractivity contribution in [2.75, 3.05) is 57.9 Å². The molecule has 1 fully saturated rings. The molecule has 2 aliphatic heterocycles. The Morgan fingerprint density at radius 1 is 1.07 bits per heavy atom. The van der Waals surface area contributed by atoms with Crippen LogP contribution in [0.15, 0.2) is 53.5 Å². The predicted octanol–water partition coefficient (Wildman–Crippen LogP) is 4.90. The average Bonchev–Trinajstić information content (AvgIpc) is 3.38. The Morgan fingerprint density at radius 3 is 2.64 bits per heavy atom. The van der Waals surface area contributed by atoms with Crippen LogP contribution in [0, 0.1) is 0 Å². The van der Waals surface area contributed by atoms with Crippen molar-refractivity contribution in [2.45, 2.75) is 33.4 Å².